The second-order valence-corrected chi connectivity index (χ2v) is 7.61. The number of benzene rings is 2. The van der Waals surface area contributed by atoms with E-state index >= 15 is 0 Å². The van der Waals surface area contributed by atoms with Crippen molar-refractivity contribution in [3.05, 3.63) is 70.7 Å². The average molecular weight is 456 g/mol. The molecule has 142 valence electrons. The van der Waals surface area contributed by atoms with Gasteiger partial charge in [-0.05, 0) is 23.8 Å². The van der Waals surface area contributed by atoms with Crippen LogP contribution >= 0.6 is 27.7 Å². The van der Waals surface area contributed by atoms with Crippen LogP contribution in [0.5, 0.6) is 0 Å². The Bertz CT molecular complexity index is 1000. The second kappa shape index (κ2) is 10.0. The van der Waals surface area contributed by atoms with Gasteiger partial charge in [-0.15, -0.1) is 10.2 Å². The molecule has 3 rings (SSSR count). The van der Waals surface area contributed by atoms with Crippen molar-refractivity contribution in [3.63, 3.8) is 0 Å². The number of nitrogens with one attached hydrogen (secondary N) is 1. The number of carbonyl (C=O) groups is 1. The Labute approximate surface area is 175 Å². The lowest BCUT2D eigenvalue weighted by Gasteiger charge is -2.04. The molecule has 0 saturated carbocycles. The number of nitrogens with zero attached hydrogens (tertiary/aromatic N) is 4. The first-order valence-corrected chi connectivity index (χ1v) is 10.2. The lowest BCUT2D eigenvalue weighted by Crippen LogP contribution is -2.19. The van der Waals surface area contributed by atoms with Crippen LogP contribution < -0.4 is 5.43 Å². The van der Waals surface area contributed by atoms with E-state index in [2.05, 4.69) is 36.7 Å². The highest BCUT2D eigenvalue weighted by Gasteiger charge is 2.12. The molecule has 2 aromatic carbocycles. The van der Waals surface area contributed by atoms with Gasteiger partial charge in [-0.25, -0.2) is 5.43 Å². The molecule has 0 unspecified atom stereocenters. The molecule has 0 spiro atoms. The Balaban J connectivity index is 1.50. The number of halogens is 1. The summed E-state index contributed by atoms with van der Waals surface area (Å²) in [4.78, 5) is 11.9. The summed E-state index contributed by atoms with van der Waals surface area (Å²) in [5.74, 6) is 0.735. The Morgan fingerprint density at radius 3 is 2.82 bits per heavy atom. The van der Waals surface area contributed by atoms with Crippen LogP contribution in [-0.4, -0.2) is 32.6 Å². The Morgan fingerprint density at radius 2 is 2.04 bits per heavy atom. The van der Waals surface area contributed by atoms with Crippen molar-refractivity contribution in [1.82, 2.24) is 20.2 Å². The molecule has 0 bridgehead atoms. The SMILES string of the molecule is Cn1c(SCC(=O)N/N=C/C=C/c2ccccc2)nnc1-c1cccc(Br)c1. The van der Waals surface area contributed by atoms with E-state index in [1.165, 1.54) is 11.8 Å². The monoisotopic (exact) mass is 455 g/mol. The fourth-order valence-electron chi connectivity index (χ4n) is 2.35. The Hall–Kier alpha value is -2.71. The minimum Gasteiger partial charge on any atom is -0.305 e. The summed E-state index contributed by atoms with van der Waals surface area (Å²) in [7, 11) is 1.88. The van der Waals surface area contributed by atoms with Gasteiger partial charge < -0.3 is 4.57 Å². The van der Waals surface area contributed by atoms with Gasteiger partial charge in [0.2, 0.25) is 0 Å². The molecule has 6 nitrogen and oxygen atoms in total. The summed E-state index contributed by atoms with van der Waals surface area (Å²) in [5, 5.41) is 13.0. The third-order valence-corrected chi connectivity index (χ3v) is 5.20. The van der Waals surface area contributed by atoms with Crippen LogP contribution in [0.15, 0.2) is 75.4 Å². The van der Waals surface area contributed by atoms with Crippen LogP contribution in [0, 0.1) is 0 Å². The number of thioether (sulfide) groups is 1. The number of allylic oxidation sites excluding steroid dienone is 1. The molecule has 1 N–H and O–H groups in total. The van der Waals surface area contributed by atoms with Crippen LogP contribution in [0.1, 0.15) is 5.56 Å². The summed E-state index contributed by atoms with van der Waals surface area (Å²) in [6.07, 6.45) is 5.23. The van der Waals surface area contributed by atoms with Gasteiger partial charge in [-0.2, -0.15) is 5.10 Å². The molecule has 1 heterocycles. The third-order valence-electron chi connectivity index (χ3n) is 3.69. The topological polar surface area (TPSA) is 72.2 Å². The molecule has 0 fully saturated rings. The van der Waals surface area contributed by atoms with Crippen molar-refractivity contribution in [1.29, 1.82) is 0 Å². The highest BCUT2D eigenvalue weighted by Crippen LogP contribution is 2.24. The van der Waals surface area contributed by atoms with E-state index in [-0.39, 0.29) is 11.7 Å². The normalized spacial score (nSPS) is 11.4. The summed E-state index contributed by atoms with van der Waals surface area (Å²) < 4.78 is 2.84. The van der Waals surface area contributed by atoms with E-state index in [0.29, 0.717) is 5.16 Å². The molecule has 0 radical (unpaired) electrons. The quantitative estimate of drug-likeness (QED) is 0.329. The standard InChI is InChI=1S/C20H18BrN5OS/c1-26-19(16-10-5-11-17(21)13-16)24-25-20(26)28-14-18(27)23-22-12-6-9-15-7-3-2-4-8-15/h2-13H,14H2,1H3,(H,23,27)/b9-6+,22-12+. The van der Waals surface area contributed by atoms with Crippen LogP contribution in [0.3, 0.4) is 0 Å². The van der Waals surface area contributed by atoms with E-state index in [1.54, 1.807) is 12.3 Å². The van der Waals surface area contributed by atoms with Crippen LogP contribution in [0.25, 0.3) is 17.5 Å². The minimum absolute atomic E-state index is 0.199. The predicted molar refractivity (Wildman–Crippen MR) is 117 cm³/mol. The first-order valence-electron chi connectivity index (χ1n) is 8.45. The molecule has 0 aliphatic heterocycles. The van der Waals surface area contributed by atoms with E-state index in [1.807, 2.05) is 72.3 Å². The molecule has 0 saturated heterocycles. The largest absolute Gasteiger partial charge is 0.305 e. The maximum Gasteiger partial charge on any atom is 0.250 e. The van der Waals surface area contributed by atoms with Crippen molar-refractivity contribution in [3.8, 4) is 11.4 Å². The number of hydrazone groups is 1. The van der Waals surface area contributed by atoms with Gasteiger partial charge in [0.25, 0.3) is 5.91 Å². The second-order valence-electron chi connectivity index (χ2n) is 5.75. The maximum absolute atomic E-state index is 11.9. The molecule has 8 heteroatoms. The van der Waals surface area contributed by atoms with Gasteiger partial charge in [-0.3, -0.25) is 4.79 Å². The lowest BCUT2D eigenvalue weighted by atomic mass is 10.2. The van der Waals surface area contributed by atoms with Crippen molar-refractivity contribution < 1.29 is 4.79 Å². The molecule has 0 aliphatic rings. The van der Waals surface area contributed by atoms with Gasteiger partial charge in [-0.1, -0.05) is 76.2 Å². The number of hydrogen-bond acceptors (Lipinski definition) is 5. The van der Waals surface area contributed by atoms with Crippen molar-refractivity contribution in [2.24, 2.45) is 12.1 Å². The Morgan fingerprint density at radius 1 is 1.21 bits per heavy atom. The fraction of sp³-hybridized carbons (Fsp3) is 0.100. The number of carbonyl (C=O) groups excluding carboxylic acids is 1. The fourth-order valence-corrected chi connectivity index (χ4v) is 3.46. The average Bonchev–Trinajstić information content (AvgIpc) is 3.07. The zero-order valence-electron chi connectivity index (χ0n) is 15.1. The number of amides is 1. The molecular formula is C20H18BrN5OS. The lowest BCUT2D eigenvalue weighted by molar-refractivity contribution is -0.118. The molecular weight excluding hydrogens is 438 g/mol. The van der Waals surface area contributed by atoms with Gasteiger partial charge in [0.1, 0.15) is 0 Å². The number of rotatable bonds is 7. The van der Waals surface area contributed by atoms with E-state index < -0.39 is 0 Å². The molecule has 0 atom stereocenters. The van der Waals surface area contributed by atoms with Crippen LogP contribution in [0.2, 0.25) is 0 Å². The molecule has 1 aromatic heterocycles. The van der Waals surface area contributed by atoms with Crippen molar-refractivity contribution in [2.75, 3.05) is 5.75 Å². The summed E-state index contributed by atoms with van der Waals surface area (Å²) in [6.45, 7) is 0. The first-order chi connectivity index (χ1) is 13.6. The van der Waals surface area contributed by atoms with Crippen molar-refractivity contribution >= 4 is 45.9 Å². The smallest absolute Gasteiger partial charge is 0.250 e. The molecule has 1 amide bonds. The predicted octanol–water partition coefficient (Wildman–Crippen LogP) is 4.15. The minimum atomic E-state index is -0.207. The van der Waals surface area contributed by atoms with Gasteiger partial charge in [0.05, 0.1) is 5.75 Å². The first kappa shape index (κ1) is 20.0. The number of aromatic nitrogens is 3. The molecule has 0 aliphatic carbocycles. The van der Waals surface area contributed by atoms with Gasteiger partial charge >= 0.3 is 0 Å². The van der Waals surface area contributed by atoms with E-state index in [4.69, 9.17) is 0 Å². The maximum atomic E-state index is 11.9. The zero-order chi connectivity index (χ0) is 19.8. The summed E-state index contributed by atoms with van der Waals surface area (Å²) in [5.41, 5.74) is 4.52. The molecule has 28 heavy (non-hydrogen) atoms. The van der Waals surface area contributed by atoms with Crippen LogP contribution in [-0.2, 0) is 11.8 Å². The van der Waals surface area contributed by atoms with E-state index in [0.717, 1.165) is 21.4 Å². The van der Waals surface area contributed by atoms with Crippen molar-refractivity contribution in [2.45, 2.75) is 5.16 Å². The zero-order valence-corrected chi connectivity index (χ0v) is 17.5. The highest BCUT2D eigenvalue weighted by molar-refractivity contribution is 9.10. The number of hydrogen-bond donors (Lipinski definition) is 1. The molecule has 3 aromatic rings. The third kappa shape index (κ3) is 5.64. The van der Waals surface area contributed by atoms with Gasteiger partial charge in [0.15, 0.2) is 11.0 Å². The summed E-state index contributed by atoms with van der Waals surface area (Å²) in [6, 6.07) is 17.7. The van der Waals surface area contributed by atoms with Crippen LogP contribution in [0.4, 0.5) is 0 Å². The summed E-state index contributed by atoms with van der Waals surface area (Å²) >= 11 is 4.76. The Kier molecular flexibility index (Phi) is 7.16. The van der Waals surface area contributed by atoms with Gasteiger partial charge in [0, 0.05) is 23.3 Å². The highest BCUT2D eigenvalue weighted by atomic mass is 79.9. The van der Waals surface area contributed by atoms with E-state index in [9.17, 15) is 4.79 Å².